The quantitative estimate of drug-likeness (QED) is 0.737. The van der Waals surface area contributed by atoms with Crippen molar-refractivity contribution in [1.29, 1.82) is 0 Å². The average molecular weight is 252 g/mol. The van der Waals surface area contributed by atoms with Crippen LogP contribution in [0.25, 0.3) is 6.08 Å². The second-order valence-electron chi connectivity index (χ2n) is 5.52. The molecule has 3 aliphatic rings. The molecule has 96 valence electrons. The van der Waals surface area contributed by atoms with Gasteiger partial charge in [-0.1, -0.05) is 24.3 Å². The molecule has 1 saturated heterocycles. The zero-order valence-electron chi connectivity index (χ0n) is 10.6. The van der Waals surface area contributed by atoms with Crippen molar-refractivity contribution in [2.75, 3.05) is 13.1 Å². The van der Waals surface area contributed by atoms with E-state index in [9.17, 15) is 5.11 Å². The van der Waals surface area contributed by atoms with E-state index in [2.05, 4.69) is 28.5 Å². The Morgan fingerprint density at radius 1 is 1.26 bits per heavy atom. The number of aliphatic hydroxyl groups is 1. The first kappa shape index (κ1) is 11.0. The molecule has 0 amide bonds. The molecule has 0 aromatic heterocycles. The Morgan fingerprint density at radius 2 is 2.16 bits per heavy atom. The molecule has 1 aliphatic carbocycles. The van der Waals surface area contributed by atoms with Gasteiger partial charge in [0.05, 0.1) is 12.0 Å². The van der Waals surface area contributed by atoms with E-state index in [1.165, 1.54) is 11.1 Å². The van der Waals surface area contributed by atoms with E-state index in [1.54, 1.807) is 6.21 Å². The fourth-order valence-electron chi connectivity index (χ4n) is 3.69. The second kappa shape index (κ2) is 3.58. The lowest BCUT2D eigenvalue weighted by atomic mass is 9.58. The van der Waals surface area contributed by atoms with Crippen LogP contribution in [0.1, 0.15) is 17.5 Å². The first-order valence-corrected chi connectivity index (χ1v) is 6.72. The lowest BCUT2D eigenvalue weighted by molar-refractivity contribution is 0.0154. The van der Waals surface area contributed by atoms with Crippen molar-refractivity contribution in [3.05, 3.63) is 53.2 Å². The Bertz CT molecular complexity index is 631. The Kier molecular flexibility index (Phi) is 2.07. The van der Waals surface area contributed by atoms with Crippen LogP contribution in [-0.4, -0.2) is 30.0 Å². The van der Waals surface area contributed by atoms with Gasteiger partial charge in [0.2, 0.25) is 0 Å². The molecule has 1 fully saturated rings. The minimum atomic E-state index is -0.962. The van der Waals surface area contributed by atoms with Gasteiger partial charge in [0, 0.05) is 18.5 Å². The number of benzene rings is 1. The third kappa shape index (κ3) is 1.23. The fraction of sp³-hybridized carbons (Fsp3) is 0.312. The van der Waals surface area contributed by atoms with Gasteiger partial charge < -0.3 is 10.4 Å². The molecule has 0 radical (unpaired) electrons. The number of hydrogen-bond donors (Lipinski definition) is 2. The molecular weight excluding hydrogens is 236 g/mol. The van der Waals surface area contributed by atoms with Crippen molar-refractivity contribution in [2.24, 2.45) is 4.99 Å². The summed E-state index contributed by atoms with van der Waals surface area (Å²) in [5.41, 5.74) is 2.02. The maximum absolute atomic E-state index is 11.3. The van der Waals surface area contributed by atoms with E-state index in [4.69, 9.17) is 0 Å². The number of aliphatic imine (C=N–C) groups is 1. The molecule has 3 heteroatoms. The number of hydrogen-bond acceptors (Lipinski definition) is 3. The number of nitrogens with zero attached hydrogens (tertiary/aromatic N) is 1. The Hall–Kier alpha value is -1.87. The molecule has 1 aromatic rings. The van der Waals surface area contributed by atoms with Crippen LogP contribution in [0.5, 0.6) is 0 Å². The first-order valence-electron chi connectivity index (χ1n) is 6.72. The molecule has 3 nitrogen and oxygen atoms in total. The number of rotatable bonds is 0. The van der Waals surface area contributed by atoms with Gasteiger partial charge in [-0.2, -0.15) is 0 Å². The fourth-order valence-corrected chi connectivity index (χ4v) is 3.69. The first-order chi connectivity index (χ1) is 9.26. The van der Waals surface area contributed by atoms with E-state index in [0.717, 1.165) is 18.7 Å². The van der Waals surface area contributed by atoms with Crippen LogP contribution in [-0.2, 0) is 5.41 Å². The summed E-state index contributed by atoms with van der Waals surface area (Å²) in [6, 6.07) is 8.34. The maximum Gasteiger partial charge on any atom is 0.134 e. The van der Waals surface area contributed by atoms with Crippen LogP contribution in [0.4, 0.5) is 0 Å². The predicted octanol–water partition coefficient (Wildman–Crippen LogP) is 1.64. The van der Waals surface area contributed by atoms with Gasteiger partial charge >= 0.3 is 0 Å². The Balaban J connectivity index is 2.07. The molecule has 19 heavy (non-hydrogen) atoms. The van der Waals surface area contributed by atoms with Gasteiger partial charge in [-0.05, 0) is 35.8 Å². The highest BCUT2D eigenvalue weighted by molar-refractivity contribution is 5.76. The minimum absolute atomic E-state index is 0.331. The summed E-state index contributed by atoms with van der Waals surface area (Å²) in [5, 5.41) is 14.6. The minimum Gasteiger partial charge on any atom is -0.386 e. The zero-order chi connectivity index (χ0) is 12.9. The number of nitrogens with one attached hydrogen (secondary N) is 1. The van der Waals surface area contributed by atoms with Gasteiger partial charge in [-0.15, -0.1) is 0 Å². The van der Waals surface area contributed by atoms with Crippen molar-refractivity contribution in [3.8, 4) is 0 Å². The summed E-state index contributed by atoms with van der Waals surface area (Å²) in [4.78, 5) is 4.48. The van der Waals surface area contributed by atoms with Crippen LogP contribution in [0.15, 0.2) is 47.1 Å². The molecule has 4 rings (SSSR count). The molecule has 1 aromatic carbocycles. The molecular formula is C16H16N2O. The summed E-state index contributed by atoms with van der Waals surface area (Å²) in [7, 11) is 0. The Labute approximate surface area is 112 Å². The summed E-state index contributed by atoms with van der Waals surface area (Å²) in [6.07, 6.45) is 8.50. The topological polar surface area (TPSA) is 44.6 Å². The summed E-state index contributed by atoms with van der Waals surface area (Å²) < 4.78 is 0. The third-order valence-electron chi connectivity index (χ3n) is 4.67. The smallest absolute Gasteiger partial charge is 0.134 e. The predicted molar refractivity (Wildman–Crippen MR) is 76.2 cm³/mol. The van der Waals surface area contributed by atoms with Gasteiger partial charge in [0.15, 0.2) is 0 Å². The standard InChI is InChI=1S/C16H16N2O/c19-16-6-3-8-17-11-15(16)7-9-18-14(16)10-12-4-1-2-5-13(12)15/h1-6,8,10,18-19H,7,9,11H2. The average Bonchev–Trinajstić information content (AvgIpc) is 2.59. The van der Waals surface area contributed by atoms with Crippen molar-refractivity contribution in [2.45, 2.75) is 17.4 Å². The highest BCUT2D eigenvalue weighted by atomic mass is 16.3. The van der Waals surface area contributed by atoms with Crippen LogP contribution >= 0.6 is 0 Å². The number of fused-ring (bicyclic) bond motifs is 1. The second-order valence-corrected chi connectivity index (χ2v) is 5.52. The van der Waals surface area contributed by atoms with E-state index in [1.807, 2.05) is 24.3 Å². The molecule has 0 spiro atoms. The SMILES string of the molecule is OC12C=CC=NCC13CCNC2=Cc1ccccc13. The van der Waals surface area contributed by atoms with Crippen molar-refractivity contribution in [3.63, 3.8) is 0 Å². The van der Waals surface area contributed by atoms with Gasteiger partial charge in [-0.25, -0.2) is 0 Å². The van der Waals surface area contributed by atoms with Crippen LogP contribution in [0, 0.1) is 0 Å². The molecule has 2 unspecified atom stereocenters. The van der Waals surface area contributed by atoms with Gasteiger partial charge in [0.25, 0.3) is 0 Å². The van der Waals surface area contributed by atoms with Crippen molar-refractivity contribution < 1.29 is 5.11 Å². The van der Waals surface area contributed by atoms with Crippen LogP contribution in [0.3, 0.4) is 0 Å². The van der Waals surface area contributed by atoms with E-state index in [0.29, 0.717) is 6.54 Å². The molecule has 2 aliphatic heterocycles. The maximum atomic E-state index is 11.3. The van der Waals surface area contributed by atoms with Gasteiger partial charge in [0.1, 0.15) is 5.60 Å². The summed E-state index contributed by atoms with van der Waals surface area (Å²) >= 11 is 0. The normalized spacial score (nSPS) is 34.7. The monoisotopic (exact) mass is 252 g/mol. The van der Waals surface area contributed by atoms with Crippen molar-refractivity contribution >= 4 is 12.3 Å². The molecule has 0 saturated carbocycles. The number of piperidine rings is 1. The van der Waals surface area contributed by atoms with Gasteiger partial charge in [-0.3, -0.25) is 4.99 Å². The third-order valence-corrected chi connectivity index (χ3v) is 4.67. The summed E-state index contributed by atoms with van der Waals surface area (Å²) in [5.74, 6) is 0. The molecule has 2 heterocycles. The lowest BCUT2D eigenvalue weighted by Crippen LogP contribution is -2.62. The van der Waals surface area contributed by atoms with E-state index >= 15 is 0 Å². The largest absolute Gasteiger partial charge is 0.386 e. The molecule has 2 bridgehead atoms. The lowest BCUT2D eigenvalue weighted by Gasteiger charge is -2.52. The molecule has 2 N–H and O–H groups in total. The highest BCUT2D eigenvalue weighted by Gasteiger charge is 2.57. The Morgan fingerprint density at radius 3 is 3.11 bits per heavy atom. The van der Waals surface area contributed by atoms with Crippen LogP contribution in [0.2, 0.25) is 0 Å². The molecule has 2 atom stereocenters. The van der Waals surface area contributed by atoms with Crippen LogP contribution < -0.4 is 5.32 Å². The number of allylic oxidation sites excluding steroid dienone is 1. The van der Waals surface area contributed by atoms with E-state index < -0.39 is 5.60 Å². The zero-order valence-corrected chi connectivity index (χ0v) is 10.6. The van der Waals surface area contributed by atoms with E-state index in [-0.39, 0.29) is 5.41 Å². The van der Waals surface area contributed by atoms with Crippen molar-refractivity contribution in [1.82, 2.24) is 5.32 Å². The highest BCUT2D eigenvalue weighted by Crippen LogP contribution is 2.51. The summed E-state index contributed by atoms with van der Waals surface area (Å²) in [6.45, 7) is 1.51.